The summed E-state index contributed by atoms with van der Waals surface area (Å²) in [5, 5.41) is 1.03. The summed E-state index contributed by atoms with van der Waals surface area (Å²) in [4.78, 5) is 25.5. The lowest BCUT2D eigenvalue weighted by Crippen LogP contribution is -2.37. The van der Waals surface area contributed by atoms with Crippen LogP contribution < -0.4 is 10.5 Å². The predicted molar refractivity (Wildman–Crippen MR) is 118 cm³/mol. The molecule has 4 rings (SSSR count). The van der Waals surface area contributed by atoms with Gasteiger partial charge < -0.3 is 20.1 Å². The number of nitrogens with zero attached hydrogens (tertiary/aromatic N) is 3. The number of aryl methyl sites for hydroxylation is 1. The van der Waals surface area contributed by atoms with E-state index in [0.29, 0.717) is 18.3 Å². The van der Waals surface area contributed by atoms with Gasteiger partial charge in [-0.2, -0.15) is 0 Å². The summed E-state index contributed by atoms with van der Waals surface area (Å²) in [5.41, 5.74) is 6.76. The van der Waals surface area contributed by atoms with Gasteiger partial charge in [0.1, 0.15) is 23.4 Å². The quantitative estimate of drug-likeness (QED) is 0.689. The van der Waals surface area contributed by atoms with Gasteiger partial charge in [0.15, 0.2) is 0 Å². The van der Waals surface area contributed by atoms with Gasteiger partial charge in [-0.05, 0) is 70.0 Å². The van der Waals surface area contributed by atoms with Crippen LogP contribution in [0.5, 0.6) is 5.88 Å². The lowest BCUT2D eigenvalue weighted by Gasteiger charge is -2.34. The molecule has 2 aromatic heterocycles. The zero-order chi connectivity index (χ0) is 21.3. The maximum absolute atomic E-state index is 11.7. The number of carbonyl (C=O) groups excluding carboxylic acids is 1. The number of nitrogens with two attached hydrogens (primary N) is 1. The molecule has 2 heterocycles. The molecule has 2 atom stereocenters. The summed E-state index contributed by atoms with van der Waals surface area (Å²) >= 11 is 1.72. The van der Waals surface area contributed by atoms with Crippen molar-refractivity contribution in [3.63, 3.8) is 0 Å². The summed E-state index contributed by atoms with van der Waals surface area (Å²) in [6.07, 6.45) is 8.20. The molecule has 0 aliphatic heterocycles. The highest BCUT2D eigenvalue weighted by molar-refractivity contribution is 7.19. The molecule has 1 fully saturated rings. The lowest BCUT2D eigenvalue weighted by atomic mass is 9.92. The van der Waals surface area contributed by atoms with Crippen LogP contribution in [0.3, 0.4) is 0 Å². The van der Waals surface area contributed by atoms with Crippen LogP contribution in [-0.4, -0.2) is 59.7 Å². The van der Waals surface area contributed by atoms with E-state index in [2.05, 4.69) is 28.8 Å². The molecule has 2 N–H and O–H groups in total. The highest BCUT2D eigenvalue weighted by atomic mass is 32.1. The Labute approximate surface area is 182 Å². The molecule has 2 aliphatic carbocycles. The van der Waals surface area contributed by atoms with Crippen molar-refractivity contribution in [3.05, 3.63) is 16.8 Å². The number of primary amides is 1. The van der Waals surface area contributed by atoms with E-state index in [1.165, 1.54) is 10.4 Å². The summed E-state index contributed by atoms with van der Waals surface area (Å²) in [5.74, 6) is 0.505. The number of fused-ring (bicyclic) bond motifs is 3. The number of rotatable bonds is 8. The van der Waals surface area contributed by atoms with Gasteiger partial charge in [0.05, 0.1) is 5.39 Å². The van der Waals surface area contributed by atoms with Gasteiger partial charge in [-0.3, -0.25) is 4.79 Å². The fourth-order valence-corrected chi connectivity index (χ4v) is 6.20. The zero-order valence-electron chi connectivity index (χ0n) is 18.1. The maximum atomic E-state index is 11.7. The minimum absolute atomic E-state index is 0.192. The van der Waals surface area contributed by atoms with Crippen LogP contribution >= 0.6 is 11.3 Å². The van der Waals surface area contributed by atoms with Gasteiger partial charge in [0.25, 0.3) is 0 Å². The normalized spacial score (nSPS) is 24.9. The SMILES string of the molecule is CCN(C)[C@H]1CC[C@H](Oc2ncnc3sc4c(c23)[C@@H](C[C@H](OC)C(N)=O)CC4)CC1. The number of thiophene rings is 1. The Hall–Kier alpha value is -1.77. The van der Waals surface area contributed by atoms with Crippen LogP contribution in [-0.2, 0) is 16.0 Å². The number of methoxy groups -OCH3 is 1. The van der Waals surface area contributed by atoms with Crippen molar-refractivity contribution in [2.45, 2.75) is 76.0 Å². The van der Waals surface area contributed by atoms with E-state index in [0.717, 1.165) is 55.3 Å². The van der Waals surface area contributed by atoms with Crippen LogP contribution in [0.15, 0.2) is 6.33 Å². The van der Waals surface area contributed by atoms with E-state index in [-0.39, 0.29) is 12.0 Å². The van der Waals surface area contributed by atoms with E-state index in [4.69, 9.17) is 15.2 Å². The summed E-state index contributed by atoms with van der Waals surface area (Å²) in [6, 6.07) is 0.648. The lowest BCUT2D eigenvalue weighted by molar-refractivity contribution is -0.128. The summed E-state index contributed by atoms with van der Waals surface area (Å²) in [7, 11) is 3.74. The Bertz CT molecular complexity index is 894. The van der Waals surface area contributed by atoms with Crippen molar-refractivity contribution >= 4 is 27.5 Å². The Balaban J connectivity index is 1.55. The molecular weight excluding hydrogens is 400 g/mol. The van der Waals surface area contributed by atoms with Crippen molar-refractivity contribution in [2.75, 3.05) is 20.7 Å². The Morgan fingerprint density at radius 3 is 2.73 bits per heavy atom. The molecule has 0 unspecified atom stereocenters. The topological polar surface area (TPSA) is 90.6 Å². The van der Waals surface area contributed by atoms with Crippen molar-refractivity contribution in [1.29, 1.82) is 0 Å². The Morgan fingerprint density at radius 1 is 1.30 bits per heavy atom. The number of hydrogen-bond acceptors (Lipinski definition) is 7. The zero-order valence-corrected chi connectivity index (χ0v) is 18.9. The minimum atomic E-state index is -0.573. The predicted octanol–water partition coefficient (Wildman–Crippen LogP) is 3.25. The molecule has 164 valence electrons. The molecule has 8 heteroatoms. The first-order valence-corrected chi connectivity index (χ1v) is 11.8. The molecule has 0 spiro atoms. The average molecular weight is 433 g/mol. The minimum Gasteiger partial charge on any atom is -0.474 e. The highest BCUT2D eigenvalue weighted by Gasteiger charge is 2.34. The van der Waals surface area contributed by atoms with Gasteiger partial charge in [-0.25, -0.2) is 9.97 Å². The molecule has 0 aromatic carbocycles. The van der Waals surface area contributed by atoms with Gasteiger partial charge >= 0.3 is 0 Å². The molecule has 1 saturated carbocycles. The van der Waals surface area contributed by atoms with Crippen molar-refractivity contribution in [2.24, 2.45) is 5.73 Å². The van der Waals surface area contributed by atoms with Crippen LogP contribution in [0, 0.1) is 0 Å². The molecule has 0 radical (unpaired) electrons. The first-order chi connectivity index (χ1) is 14.5. The third kappa shape index (κ3) is 4.18. The first-order valence-electron chi connectivity index (χ1n) is 11.0. The smallest absolute Gasteiger partial charge is 0.246 e. The molecule has 7 nitrogen and oxygen atoms in total. The van der Waals surface area contributed by atoms with Crippen LogP contribution in [0.25, 0.3) is 10.2 Å². The number of carbonyl (C=O) groups is 1. The second-order valence-electron chi connectivity index (χ2n) is 8.52. The third-order valence-corrected chi connectivity index (χ3v) is 8.01. The third-order valence-electron chi connectivity index (χ3n) is 6.84. The molecular formula is C22H32N4O3S. The molecule has 0 saturated heterocycles. The monoisotopic (exact) mass is 432 g/mol. The van der Waals surface area contributed by atoms with Crippen molar-refractivity contribution in [3.8, 4) is 5.88 Å². The molecule has 2 aromatic rings. The number of ether oxygens (including phenoxy) is 2. The Morgan fingerprint density at radius 2 is 2.07 bits per heavy atom. The average Bonchev–Trinajstić information content (AvgIpc) is 3.31. The second kappa shape index (κ2) is 9.16. The van der Waals surface area contributed by atoms with Crippen molar-refractivity contribution in [1.82, 2.24) is 14.9 Å². The van der Waals surface area contributed by atoms with Crippen LogP contribution in [0.1, 0.15) is 61.8 Å². The van der Waals surface area contributed by atoms with E-state index < -0.39 is 12.0 Å². The number of hydrogen-bond donors (Lipinski definition) is 1. The fourth-order valence-electron chi connectivity index (χ4n) is 4.97. The molecule has 1 amide bonds. The van der Waals surface area contributed by atoms with Crippen molar-refractivity contribution < 1.29 is 14.3 Å². The number of amides is 1. The summed E-state index contributed by atoms with van der Waals surface area (Å²) in [6.45, 7) is 3.29. The van der Waals surface area contributed by atoms with Gasteiger partial charge in [-0.15, -0.1) is 11.3 Å². The van der Waals surface area contributed by atoms with Gasteiger partial charge in [-0.1, -0.05) is 6.92 Å². The van der Waals surface area contributed by atoms with E-state index in [1.54, 1.807) is 24.8 Å². The Kier molecular flexibility index (Phi) is 6.55. The molecule has 2 aliphatic rings. The largest absolute Gasteiger partial charge is 0.474 e. The van der Waals surface area contributed by atoms with E-state index in [1.807, 2.05) is 0 Å². The van der Waals surface area contributed by atoms with Gasteiger partial charge in [0, 0.05) is 18.0 Å². The number of aromatic nitrogens is 2. The van der Waals surface area contributed by atoms with Gasteiger partial charge in [0.2, 0.25) is 11.8 Å². The standard InChI is InChI=1S/C22H32N4O3S/c1-4-26(2)14-6-8-15(9-7-14)29-21-19-18-13(11-16(28-3)20(23)27)5-10-17(18)30-22(19)25-12-24-21/h12-16H,4-11H2,1-3H3,(H2,23,27)/t13-,14-,15-,16+/m1/s1. The van der Waals surface area contributed by atoms with E-state index >= 15 is 0 Å². The first kappa shape index (κ1) is 21.5. The van der Waals surface area contributed by atoms with Crippen LogP contribution in [0.2, 0.25) is 0 Å². The summed E-state index contributed by atoms with van der Waals surface area (Å²) < 4.78 is 11.8. The second-order valence-corrected chi connectivity index (χ2v) is 9.60. The molecule has 0 bridgehead atoms. The fraction of sp³-hybridized carbons (Fsp3) is 0.682. The van der Waals surface area contributed by atoms with E-state index in [9.17, 15) is 4.79 Å². The van der Waals surface area contributed by atoms with Crippen LogP contribution in [0.4, 0.5) is 0 Å². The maximum Gasteiger partial charge on any atom is 0.246 e. The molecule has 30 heavy (non-hydrogen) atoms. The highest BCUT2D eigenvalue weighted by Crippen LogP contribution is 2.48.